The molecule has 0 bridgehead atoms. The predicted molar refractivity (Wildman–Crippen MR) is 68.4 cm³/mol. The maximum Gasteiger partial charge on any atom is 0.239 e. The monoisotopic (exact) mass is 243 g/mol. The van der Waals surface area contributed by atoms with Gasteiger partial charge < -0.3 is 16.0 Å². The second-order valence-corrected chi connectivity index (χ2v) is 5.38. The van der Waals surface area contributed by atoms with Crippen LogP contribution >= 0.6 is 0 Å². The van der Waals surface area contributed by atoms with Gasteiger partial charge >= 0.3 is 0 Å². The van der Waals surface area contributed by atoms with E-state index >= 15 is 0 Å². The molecule has 0 aromatic carbocycles. The van der Waals surface area contributed by atoms with E-state index in [9.17, 15) is 9.59 Å². The van der Waals surface area contributed by atoms with Gasteiger partial charge in [0.15, 0.2) is 0 Å². The quantitative estimate of drug-likeness (QED) is 0.731. The van der Waals surface area contributed by atoms with E-state index in [0.717, 1.165) is 0 Å². The summed E-state index contributed by atoms with van der Waals surface area (Å²) >= 11 is 0. The number of rotatable bonds is 5. The molecule has 5 nitrogen and oxygen atoms in total. The molecule has 0 rings (SSSR count). The minimum Gasteiger partial charge on any atom is -0.355 e. The molecule has 100 valence electrons. The molecule has 3 N–H and O–H groups in total. The Morgan fingerprint density at radius 2 is 1.88 bits per heavy atom. The molecule has 2 amide bonds. The summed E-state index contributed by atoms with van der Waals surface area (Å²) in [5.41, 5.74) is 5.82. The minimum atomic E-state index is -0.202. The zero-order valence-corrected chi connectivity index (χ0v) is 11.5. The molecule has 0 aromatic heterocycles. The number of nitrogens with zero attached hydrogens (tertiary/aromatic N) is 1. The molecule has 0 heterocycles. The zero-order valence-electron chi connectivity index (χ0n) is 11.5. The average Bonchev–Trinajstić information content (AvgIpc) is 2.16. The van der Waals surface area contributed by atoms with Crippen molar-refractivity contribution in [2.75, 3.05) is 20.1 Å². The lowest BCUT2D eigenvalue weighted by Gasteiger charge is -2.28. The van der Waals surface area contributed by atoms with E-state index in [1.807, 2.05) is 27.7 Å². The standard InChI is InChI=1S/C12H25N3O2/c1-6-14-10(16)8-15(5)11(17)7-9(13)12(2,3)4/h9H,6-8,13H2,1-5H3,(H,14,16). The van der Waals surface area contributed by atoms with Crippen LogP contribution in [0.5, 0.6) is 0 Å². The van der Waals surface area contributed by atoms with Crippen LogP contribution in [0.3, 0.4) is 0 Å². The van der Waals surface area contributed by atoms with Crippen molar-refractivity contribution in [2.45, 2.75) is 40.2 Å². The SMILES string of the molecule is CCNC(=O)CN(C)C(=O)CC(N)C(C)(C)C. The van der Waals surface area contributed by atoms with Gasteiger partial charge in [0.25, 0.3) is 0 Å². The Labute approximate surface area is 104 Å². The smallest absolute Gasteiger partial charge is 0.239 e. The van der Waals surface area contributed by atoms with E-state index < -0.39 is 0 Å². The fourth-order valence-electron chi connectivity index (χ4n) is 1.21. The first-order valence-corrected chi connectivity index (χ1v) is 5.94. The largest absolute Gasteiger partial charge is 0.355 e. The summed E-state index contributed by atoms with van der Waals surface area (Å²) in [4.78, 5) is 24.5. The van der Waals surface area contributed by atoms with Crippen molar-refractivity contribution in [3.8, 4) is 0 Å². The highest BCUT2D eigenvalue weighted by Gasteiger charge is 2.25. The summed E-state index contributed by atoms with van der Waals surface area (Å²) in [7, 11) is 1.62. The molecular formula is C12H25N3O2. The third-order valence-corrected chi connectivity index (χ3v) is 2.69. The minimum absolute atomic E-state index is 0.0868. The predicted octanol–water partition coefficient (Wildman–Crippen LogP) is 0.344. The topological polar surface area (TPSA) is 75.4 Å². The van der Waals surface area contributed by atoms with E-state index in [2.05, 4.69) is 5.32 Å². The highest BCUT2D eigenvalue weighted by molar-refractivity contribution is 5.84. The average molecular weight is 243 g/mol. The van der Waals surface area contributed by atoms with Gasteiger partial charge in [-0.2, -0.15) is 0 Å². The van der Waals surface area contributed by atoms with Crippen molar-refractivity contribution in [1.29, 1.82) is 0 Å². The zero-order chi connectivity index (χ0) is 13.6. The van der Waals surface area contributed by atoms with E-state index in [-0.39, 0.29) is 36.2 Å². The lowest BCUT2D eigenvalue weighted by atomic mass is 9.85. The molecule has 0 aliphatic carbocycles. The van der Waals surface area contributed by atoms with Crippen LogP contribution in [0, 0.1) is 5.41 Å². The van der Waals surface area contributed by atoms with Crippen molar-refractivity contribution in [1.82, 2.24) is 10.2 Å². The Kier molecular flexibility index (Phi) is 6.16. The Morgan fingerprint density at radius 3 is 2.29 bits per heavy atom. The van der Waals surface area contributed by atoms with Crippen molar-refractivity contribution >= 4 is 11.8 Å². The van der Waals surface area contributed by atoms with Crippen LogP contribution in [0.25, 0.3) is 0 Å². The Hall–Kier alpha value is -1.10. The number of hydrogen-bond acceptors (Lipinski definition) is 3. The van der Waals surface area contributed by atoms with Crippen LogP contribution < -0.4 is 11.1 Å². The number of nitrogens with two attached hydrogens (primary N) is 1. The molecule has 0 aromatic rings. The van der Waals surface area contributed by atoms with Gasteiger partial charge in [0.1, 0.15) is 0 Å². The van der Waals surface area contributed by atoms with Gasteiger partial charge in [0.2, 0.25) is 11.8 Å². The van der Waals surface area contributed by atoms with E-state index in [1.165, 1.54) is 4.90 Å². The van der Waals surface area contributed by atoms with Crippen LogP contribution in [0.2, 0.25) is 0 Å². The van der Waals surface area contributed by atoms with Crippen molar-refractivity contribution in [3.05, 3.63) is 0 Å². The molecule has 0 spiro atoms. The highest BCUT2D eigenvalue weighted by Crippen LogP contribution is 2.20. The molecule has 0 radical (unpaired) electrons. The summed E-state index contributed by atoms with van der Waals surface area (Å²) in [5, 5.41) is 2.65. The Bertz CT molecular complexity index is 271. The normalized spacial score (nSPS) is 13.1. The fourth-order valence-corrected chi connectivity index (χ4v) is 1.21. The van der Waals surface area contributed by atoms with Crippen LogP contribution in [-0.2, 0) is 9.59 Å². The molecule has 0 saturated carbocycles. The molecular weight excluding hydrogens is 218 g/mol. The lowest BCUT2D eigenvalue weighted by Crippen LogP contribution is -2.43. The van der Waals surface area contributed by atoms with E-state index in [1.54, 1.807) is 7.05 Å². The van der Waals surface area contributed by atoms with Crippen LogP contribution in [-0.4, -0.2) is 42.9 Å². The van der Waals surface area contributed by atoms with Crippen LogP contribution in [0.1, 0.15) is 34.1 Å². The van der Waals surface area contributed by atoms with Gasteiger partial charge in [0, 0.05) is 26.1 Å². The van der Waals surface area contributed by atoms with Crippen molar-refractivity contribution in [2.24, 2.45) is 11.1 Å². The third kappa shape index (κ3) is 6.26. The fraction of sp³-hybridized carbons (Fsp3) is 0.833. The third-order valence-electron chi connectivity index (χ3n) is 2.69. The molecule has 1 atom stereocenters. The van der Waals surface area contributed by atoms with Crippen molar-refractivity contribution < 1.29 is 9.59 Å². The van der Waals surface area contributed by atoms with Gasteiger partial charge in [0.05, 0.1) is 6.54 Å². The number of likely N-dealkylation sites (N-methyl/N-ethyl adjacent to an activating group) is 2. The first-order chi connectivity index (χ1) is 7.68. The first kappa shape index (κ1) is 15.9. The molecule has 0 aliphatic heterocycles. The summed E-state index contributed by atoms with van der Waals surface area (Å²) in [5.74, 6) is -0.244. The molecule has 0 aliphatic rings. The van der Waals surface area contributed by atoms with Gasteiger partial charge in [-0.3, -0.25) is 9.59 Å². The van der Waals surface area contributed by atoms with Gasteiger partial charge in [-0.1, -0.05) is 20.8 Å². The summed E-state index contributed by atoms with van der Waals surface area (Å²) in [6.45, 7) is 8.49. The Morgan fingerprint density at radius 1 is 1.35 bits per heavy atom. The second kappa shape index (κ2) is 6.59. The number of nitrogens with one attached hydrogen (secondary N) is 1. The van der Waals surface area contributed by atoms with Gasteiger partial charge in [-0.25, -0.2) is 0 Å². The lowest BCUT2D eigenvalue weighted by molar-refractivity contribution is -0.135. The number of hydrogen-bond donors (Lipinski definition) is 2. The first-order valence-electron chi connectivity index (χ1n) is 5.94. The molecule has 0 fully saturated rings. The highest BCUT2D eigenvalue weighted by atomic mass is 16.2. The number of carbonyl (C=O) groups is 2. The van der Waals surface area contributed by atoms with Gasteiger partial charge in [-0.15, -0.1) is 0 Å². The molecule has 17 heavy (non-hydrogen) atoms. The molecule has 5 heteroatoms. The van der Waals surface area contributed by atoms with Gasteiger partial charge in [-0.05, 0) is 12.3 Å². The maximum atomic E-state index is 11.8. The van der Waals surface area contributed by atoms with E-state index in [4.69, 9.17) is 5.73 Å². The van der Waals surface area contributed by atoms with Crippen LogP contribution in [0.15, 0.2) is 0 Å². The number of amides is 2. The van der Waals surface area contributed by atoms with Crippen LogP contribution in [0.4, 0.5) is 0 Å². The van der Waals surface area contributed by atoms with E-state index in [0.29, 0.717) is 6.54 Å². The summed E-state index contributed by atoms with van der Waals surface area (Å²) < 4.78 is 0. The summed E-state index contributed by atoms with van der Waals surface area (Å²) in [6.07, 6.45) is 0.263. The maximum absolute atomic E-state index is 11.8. The number of carbonyl (C=O) groups excluding carboxylic acids is 2. The molecule has 1 unspecified atom stereocenters. The van der Waals surface area contributed by atoms with Crippen molar-refractivity contribution in [3.63, 3.8) is 0 Å². The Balaban J connectivity index is 4.19. The summed E-state index contributed by atoms with van der Waals surface area (Å²) in [6, 6.07) is -0.202. The second-order valence-electron chi connectivity index (χ2n) is 5.38. The molecule has 0 saturated heterocycles.